The zero-order chi connectivity index (χ0) is 23.3. The second-order valence-electron chi connectivity index (χ2n) is 7.55. The number of carboxylic acid groups (broad SMARTS) is 1. The Bertz CT molecular complexity index is 967. The van der Waals surface area contributed by atoms with Crippen molar-refractivity contribution in [2.24, 2.45) is 0 Å². The van der Waals surface area contributed by atoms with Crippen LogP contribution in [0.1, 0.15) is 29.5 Å². The van der Waals surface area contributed by atoms with Crippen LogP contribution in [0.2, 0.25) is 0 Å². The molecule has 1 saturated heterocycles. The summed E-state index contributed by atoms with van der Waals surface area (Å²) in [5.41, 5.74) is 0.656. The number of hydrogen-bond donors (Lipinski definition) is 1. The van der Waals surface area contributed by atoms with Gasteiger partial charge in [0, 0.05) is 36.2 Å². The van der Waals surface area contributed by atoms with E-state index in [4.69, 9.17) is 0 Å². The Morgan fingerprint density at radius 3 is 2.19 bits per heavy atom. The summed E-state index contributed by atoms with van der Waals surface area (Å²) in [5.74, 6) is -0.276. The maximum absolute atomic E-state index is 13.0. The first kappa shape index (κ1) is 23.8. The molecule has 9 heteroatoms. The number of halogens is 4. The van der Waals surface area contributed by atoms with E-state index in [9.17, 15) is 27.9 Å². The van der Waals surface area contributed by atoms with E-state index in [2.05, 4.69) is 15.9 Å². The lowest BCUT2D eigenvalue weighted by Crippen LogP contribution is -2.47. The molecule has 1 fully saturated rings. The second-order valence-corrected chi connectivity index (χ2v) is 8.46. The van der Waals surface area contributed by atoms with Crippen LogP contribution in [-0.4, -0.2) is 46.0 Å². The zero-order valence-electron chi connectivity index (χ0n) is 17.1. The van der Waals surface area contributed by atoms with Gasteiger partial charge in [-0.2, -0.15) is 13.2 Å². The van der Waals surface area contributed by atoms with Crippen molar-refractivity contribution >= 4 is 34.0 Å². The van der Waals surface area contributed by atoms with Gasteiger partial charge in [0.25, 0.3) is 0 Å². The van der Waals surface area contributed by atoms with Crippen molar-refractivity contribution in [2.75, 3.05) is 13.1 Å². The lowest BCUT2D eigenvalue weighted by atomic mass is 10.0. The average molecular weight is 511 g/mol. The number of alkyl halides is 3. The molecule has 0 bridgehead atoms. The van der Waals surface area contributed by atoms with Crippen LogP contribution in [0.15, 0.2) is 59.1 Å². The molecule has 1 aliphatic rings. The van der Waals surface area contributed by atoms with Gasteiger partial charge in [-0.05, 0) is 54.3 Å². The number of benzene rings is 2. The first-order chi connectivity index (χ1) is 15.1. The summed E-state index contributed by atoms with van der Waals surface area (Å²) >= 11 is 3.38. The molecule has 0 atom stereocenters. The molecule has 0 saturated carbocycles. The maximum Gasteiger partial charge on any atom is 0.416 e. The van der Waals surface area contributed by atoms with E-state index >= 15 is 0 Å². The van der Waals surface area contributed by atoms with Crippen LogP contribution in [0.4, 0.5) is 18.0 Å². The molecule has 2 amide bonds. The summed E-state index contributed by atoms with van der Waals surface area (Å²) in [6.45, 7) is 1.03. The summed E-state index contributed by atoms with van der Waals surface area (Å²) < 4.78 is 39.1. The molecule has 2 aromatic rings. The van der Waals surface area contributed by atoms with E-state index in [-0.39, 0.29) is 11.9 Å². The van der Waals surface area contributed by atoms with E-state index in [1.54, 1.807) is 4.90 Å². The Morgan fingerprint density at radius 1 is 1.06 bits per heavy atom. The van der Waals surface area contributed by atoms with Gasteiger partial charge in [-0.15, -0.1) is 0 Å². The monoisotopic (exact) mass is 510 g/mol. The molecule has 32 heavy (non-hydrogen) atoms. The predicted molar refractivity (Wildman–Crippen MR) is 118 cm³/mol. The van der Waals surface area contributed by atoms with Gasteiger partial charge in [-0.1, -0.05) is 40.2 Å². The average Bonchev–Trinajstić information content (AvgIpc) is 2.77. The fourth-order valence-corrected chi connectivity index (χ4v) is 3.85. The SMILES string of the molecule is O=C(O)N1CCC(N(Cc2ccc(Br)cc2)C(=O)/C=C/c2ccc(C(F)(F)F)cc2)CC1. The standard InChI is InChI=1S/C23H22BrF3N2O3/c24-19-8-3-17(4-9-19)15-29(20-11-13-28(14-12-20)22(31)32)21(30)10-5-16-1-6-18(7-2-16)23(25,26)27/h1-10,20H,11-15H2,(H,31,32)/b10-5+. The summed E-state index contributed by atoms with van der Waals surface area (Å²) in [5, 5.41) is 9.17. The van der Waals surface area contributed by atoms with Crippen LogP contribution in [-0.2, 0) is 17.5 Å². The van der Waals surface area contributed by atoms with Crippen molar-refractivity contribution in [1.82, 2.24) is 9.80 Å². The lowest BCUT2D eigenvalue weighted by molar-refractivity contribution is -0.137. The third-order valence-electron chi connectivity index (χ3n) is 5.38. The number of amides is 2. The highest BCUT2D eigenvalue weighted by molar-refractivity contribution is 9.10. The van der Waals surface area contributed by atoms with Gasteiger partial charge in [-0.3, -0.25) is 4.79 Å². The Hall–Kier alpha value is -2.81. The largest absolute Gasteiger partial charge is 0.465 e. The normalized spacial score (nSPS) is 15.2. The number of carbonyl (C=O) groups excluding carboxylic acids is 1. The molecule has 5 nitrogen and oxygen atoms in total. The van der Waals surface area contributed by atoms with Crippen LogP contribution < -0.4 is 0 Å². The van der Waals surface area contributed by atoms with E-state index in [1.165, 1.54) is 29.2 Å². The van der Waals surface area contributed by atoms with Crippen LogP contribution in [0.5, 0.6) is 0 Å². The molecule has 1 heterocycles. The Balaban J connectivity index is 1.75. The molecule has 3 rings (SSSR count). The number of rotatable bonds is 5. The van der Waals surface area contributed by atoms with Crippen molar-refractivity contribution in [3.63, 3.8) is 0 Å². The van der Waals surface area contributed by atoms with E-state index < -0.39 is 17.8 Å². The third-order valence-corrected chi connectivity index (χ3v) is 5.91. The number of hydrogen-bond acceptors (Lipinski definition) is 2. The van der Waals surface area contributed by atoms with Crippen molar-refractivity contribution < 1.29 is 27.9 Å². The highest BCUT2D eigenvalue weighted by Gasteiger charge is 2.30. The molecular weight excluding hydrogens is 489 g/mol. The van der Waals surface area contributed by atoms with Gasteiger partial charge in [0.2, 0.25) is 5.91 Å². The van der Waals surface area contributed by atoms with Gasteiger partial charge in [0.15, 0.2) is 0 Å². The summed E-state index contributed by atoms with van der Waals surface area (Å²) in [6, 6.07) is 12.0. The third kappa shape index (κ3) is 6.35. The number of carbonyl (C=O) groups is 2. The lowest BCUT2D eigenvalue weighted by Gasteiger charge is -2.37. The van der Waals surface area contributed by atoms with Crippen molar-refractivity contribution in [1.29, 1.82) is 0 Å². The smallest absolute Gasteiger partial charge is 0.416 e. The maximum atomic E-state index is 13.0. The summed E-state index contributed by atoms with van der Waals surface area (Å²) in [6.07, 6.45) is -1.51. The highest BCUT2D eigenvalue weighted by atomic mass is 79.9. The van der Waals surface area contributed by atoms with Gasteiger partial charge >= 0.3 is 12.3 Å². The van der Waals surface area contributed by atoms with Crippen molar-refractivity contribution in [3.05, 3.63) is 75.8 Å². The number of likely N-dealkylation sites (tertiary alicyclic amines) is 1. The fraction of sp³-hybridized carbons (Fsp3) is 0.304. The van der Waals surface area contributed by atoms with Gasteiger partial charge < -0.3 is 14.9 Å². The van der Waals surface area contributed by atoms with E-state index in [0.29, 0.717) is 38.0 Å². The number of piperidine rings is 1. The van der Waals surface area contributed by atoms with Crippen LogP contribution in [0.3, 0.4) is 0 Å². The van der Waals surface area contributed by atoms with Gasteiger partial charge in [0.1, 0.15) is 0 Å². The van der Waals surface area contributed by atoms with Crippen molar-refractivity contribution in [2.45, 2.75) is 31.6 Å². The van der Waals surface area contributed by atoms with Crippen LogP contribution in [0, 0.1) is 0 Å². The Labute approximate surface area is 192 Å². The molecular formula is C23H22BrF3N2O3. The molecule has 1 N–H and O–H groups in total. The minimum atomic E-state index is -4.41. The van der Waals surface area contributed by atoms with E-state index in [0.717, 1.165) is 22.2 Å². The molecule has 0 aromatic heterocycles. The molecule has 2 aromatic carbocycles. The Morgan fingerprint density at radius 2 is 1.66 bits per heavy atom. The van der Waals surface area contributed by atoms with Gasteiger partial charge in [0.05, 0.1) is 5.56 Å². The molecule has 0 unspecified atom stereocenters. The minimum absolute atomic E-state index is 0.140. The van der Waals surface area contributed by atoms with Gasteiger partial charge in [-0.25, -0.2) is 4.79 Å². The first-order valence-electron chi connectivity index (χ1n) is 10.0. The summed E-state index contributed by atoms with van der Waals surface area (Å²) in [7, 11) is 0. The molecule has 0 aliphatic carbocycles. The molecule has 1 aliphatic heterocycles. The first-order valence-corrected chi connectivity index (χ1v) is 10.8. The summed E-state index contributed by atoms with van der Waals surface area (Å²) in [4.78, 5) is 27.3. The molecule has 170 valence electrons. The molecule has 0 spiro atoms. The van der Waals surface area contributed by atoms with Crippen LogP contribution >= 0.6 is 15.9 Å². The highest BCUT2D eigenvalue weighted by Crippen LogP contribution is 2.29. The predicted octanol–water partition coefficient (Wildman–Crippen LogP) is 5.65. The minimum Gasteiger partial charge on any atom is -0.465 e. The van der Waals surface area contributed by atoms with E-state index in [1.807, 2.05) is 24.3 Å². The fourth-order valence-electron chi connectivity index (χ4n) is 3.59. The van der Waals surface area contributed by atoms with Crippen LogP contribution in [0.25, 0.3) is 6.08 Å². The second kappa shape index (κ2) is 10.2. The van der Waals surface area contributed by atoms with Crippen molar-refractivity contribution in [3.8, 4) is 0 Å². The number of nitrogens with zero attached hydrogens (tertiary/aromatic N) is 2. The Kier molecular flexibility index (Phi) is 7.60. The topological polar surface area (TPSA) is 60.9 Å². The molecule has 0 radical (unpaired) electrons. The zero-order valence-corrected chi connectivity index (χ0v) is 18.6. The quantitative estimate of drug-likeness (QED) is 0.528.